The number of hydrogen-bond acceptors (Lipinski definition) is 5. The van der Waals surface area contributed by atoms with Gasteiger partial charge in [0.05, 0.1) is 6.20 Å². The molecule has 0 aliphatic carbocycles. The molecule has 2 rings (SSSR count). The van der Waals surface area contributed by atoms with Crippen molar-refractivity contribution >= 4 is 16.2 Å². The number of nitrogens with one attached hydrogen (secondary N) is 1. The molecule has 0 spiro atoms. The van der Waals surface area contributed by atoms with E-state index in [1.165, 1.54) is 0 Å². The average molecular weight is 305 g/mol. The highest BCUT2D eigenvalue weighted by molar-refractivity contribution is 7.90. The van der Waals surface area contributed by atoms with E-state index in [9.17, 15) is 17.2 Å². The molecule has 0 amide bonds. The van der Waals surface area contributed by atoms with Crippen molar-refractivity contribution < 1.29 is 17.2 Å². The first-order valence-electron chi connectivity index (χ1n) is 5.67. The van der Waals surface area contributed by atoms with Crippen molar-refractivity contribution in [3.63, 3.8) is 0 Å². The topological polar surface area (TPSA) is 102 Å². The first-order valence-corrected chi connectivity index (χ1v) is 7.11. The van der Waals surface area contributed by atoms with Crippen LogP contribution >= 0.6 is 0 Å². The molecule has 10 heteroatoms. The summed E-state index contributed by atoms with van der Waals surface area (Å²) in [5.74, 6) is 0. The number of alkyl halides is 2. The second-order valence-electron chi connectivity index (χ2n) is 4.15. The molecule has 0 aromatic carbocycles. The van der Waals surface area contributed by atoms with Crippen LogP contribution in [0.5, 0.6) is 0 Å². The lowest BCUT2D eigenvalue weighted by Crippen LogP contribution is -2.11. The first kappa shape index (κ1) is 14.6. The average Bonchev–Trinajstić information content (AvgIpc) is 2.95. The Bertz CT molecular complexity index is 650. The van der Waals surface area contributed by atoms with Gasteiger partial charge >= 0.3 is 0 Å². The molecule has 1 aliphatic heterocycles. The third-order valence-electron chi connectivity index (χ3n) is 2.62. The molecule has 20 heavy (non-hydrogen) atoms. The van der Waals surface area contributed by atoms with Gasteiger partial charge < -0.3 is 11.1 Å². The number of nitrogens with two attached hydrogens (primary N) is 1. The van der Waals surface area contributed by atoms with Crippen LogP contribution in [0.4, 0.5) is 8.78 Å². The smallest absolute Gasteiger partial charge is 0.285 e. The molecule has 0 saturated carbocycles. The van der Waals surface area contributed by atoms with Gasteiger partial charge in [-0.1, -0.05) is 0 Å². The maximum absolute atomic E-state index is 12.2. The Labute approximate surface area is 114 Å². The molecule has 0 unspecified atom stereocenters. The fourth-order valence-electron chi connectivity index (χ4n) is 1.60. The van der Waals surface area contributed by atoms with Crippen molar-refractivity contribution in [2.24, 2.45) is 10.1 Å². The number of rotatable bonds is 5. The highest BCUT2D eigenvalue weighted by atomic mass is 32.2. The second kappa shape index (κ2) is 5.67. The normalized spacial score (nSPS) is 16.8. The summed E-state index contributed by atoms with van der Waals surface area (Å²) in [5, 5.41) is 6.49. The number of sulfonamides is 1. The van der Waals surface area contributed by atoms with Crippen molar-refractivity contribution in [1.82, 2.24) is 15.1 Å². The van der Waals surface area contributed by atoms with Crippen molar-refractivity contribution in [3.05, 3.63) is 23.7 Å². The molecule has 2 heterocycles. The van der Waals surface area contributed by atoms with E-state index in [0.717, 1.165) is 23.3 Å². The van der Waals surface area contributed by atoms with E-state index in [1.807, 2.05) is 0 Å². The van der Waals surface area contributed by atoms with Crippen LogP contribution in [0.3, 0.4) is 0 Å². The predicted octanol–water partition coefficient (Wildman–Crippen LogP) is -0.276. The molecule has 7 nitrogen and oxygen atoms in total. The third kappa shape index (κ3) is 3.39. The van der Waals surface area contributed by atoms with Crippen LogP contribution in [0.25, 0.3) is 0 Å². The summed E-state index contributed by atoms with van der Waals surface area (Å²) in [6, 6.07) is 0. The number of halogens is 2. The predicted molar refractivity (Wildman–Crippen MR) is 68.0 cm³/mol. The van der Waals surface area contributed by atoms with E-state index in [4.69, 9.17) is 5.73 Å². The number of nitrogens with zero attached hydrogens (tertiary/aromatic N) is 3. The maximum atomic E-state index is 12.2. The summed E-state index contributed by atoms with van der Waals surface area (Å²) in [7, 11) is -3.96. The van der Waals surface area contributed by atoms with E-state index < -0.39 is 23.0 Å². The van der Waals surface area contributed by atoms with Gasteiger partial charge in [0.2, 0.25) is 0 Å². The zero-order chi connectivity index (χ0) is 14.8. The van der Waals surface area contributed by atoms with E-state index in [1.54, 1.807) is 0 Å². The Balaban J connectivity index is 2.16. The zero-order valence-electron chi connectivity index (χ0n) is 10.3. The Hall–Kier alpha value is -1.81. The fourth-order valence-corrected chi connectivity index (χ4v) is 2.42. The second-order valence-corrected chi connectivity index (χ2v) is 5.79. The van der Waals surface area contributed by atoms with Crippen LogP contribution in [0.1, 0.15) is 0 Å². The van der Waals surface area contributed by atoms with Gasteiger partial charge in [-0.2, -0.15) is 17.9 Å². The van der Waals surface area contributed by atoms with Gasteiger partial charge in [-0.25, -0.2) is 8.78 Å². The minimum absolute atomic E-state index is 0.237. The van der Waals surface area contributed by atoms with Crippen LogP contribution < -0.4 is 11.1 Å². The Morgan fingerprint density at radius 1 is 1.55 bits per heavy atom. The minimum Gasteiger partial charge on any atom is -0.401 e. The Kier molecular flexibility index (Phi) is 4.14. The van der Waals surface area contributed by atoms with Gasteiger partial charge in [-0.05, 0) is 0 Å². The summed E-state index contributed by atoms with van der Waals surface area (Å²) in [6.45, 7) is 0.254. The van der Waals surface area contributed by atoms with E-state index in [-0.39, 0.29) is 4.90 Å². The van der Waals surface area contributed by atoms with Gasteiger partial charge in [0.1, 0.15) is 11.4 Å². The SMILES string of the molecule is NC1=C(/C=N/S(=O)(=O)c2cnn(CC(F)F)c2)CNC1. The lowest BCUT2D eigenvalue weighted by atomic mass is 10.3. The quantitative estimate of drug-likeness (QED) is 0.729. The maximum Gasteiger partial charge on any atom is 0.285 e. The molecule has 0 bridgehead atoms. The first-order chi connectivity index (χ1) is 9.38. The fraction of sp³-hybridized carbons (Fsp3) is 0.400. The van der Waals surface area contributed by atoms with Crippen LogP contribution in [0.15, 0.2) is 33.0 Å². The van der Waals surface area contributed by atoms with Gasteiger partial charge in [0.15, 0.2) is 0 Å². The minimum atomic E-state index is -3.96. The molecule has 110 valence electrons. The Morgan fingerprint density at radius 2 is 2.30 bits per heavy atom. The van der Waals surface area contributed by atoms with Gasteiger partial charge in [0, 0.05) is 36.8 Å². The Morgan fingerprint density at radius 3 is 2.90 bits per heavy atom. The zero-order valence-corrected chi connectivity index (χ0v) is 11.1. The van der Waals surface area contributed by atoms with Crippen molar-refractivity contribution in [1.29, 1.82) is 0 Å². The lowest BCUT2D eigenvalue weighted by molar-refractivity contribution is 0.121. The summed E-state index contributed by atoms with van der Waals surface area (Å²) in [4.78, 5) is -0.237. The van der Waals surface area contributed by atoms with Crippen LogP contribution in [-0.4, -0.2) is 43.9 Å². The highest BCUT2D eigenvalue weighted by Crippen LogP contribution is 2.12. The van der Waals surface area contributed by atoms with Crippen molar-refractivity contribution in [3.8, 4) is 0 Å². The molecule has 1 aromatic rings. The molecule has 3 N–H and O–H groups in total. The molecule has 1 aliphatic rings. The van der Waals surface area contributed by atoms with Crippen molar-refractivity contribution in [2.75, 3.05) is 13.1 Å². The van der Waals surface area contributed by atoms with E-state index >= 15 is 0 Å². The number of hydrogen-bond donors (Lipinski definition) is 2. The molecular weight excluding hydrogens is 292 g/mol. The summed E-state index contributed by atoms with van der Waals surface area (Å²) < 4.78 is 52.4. The summed E-state index contributed by atoms with van der Waals surface area (Å²) in [5.41, 5.74) is 6.75. The summed E-state index contributed by atoms with van der Waals surface area (Å²) in [6.07, 6.45) is 0.557. The van der Waals surface area contributed by atoms with Crippen LogP contribution in [0, 0.1) is 0 Å². The van der Waals surface area contributed by atoms with E-state index in [2.05, 4.69) is 14.8 Å². The molecule has 0 saturated heterocycles. The van der Waals surface area contributed by atoms with Crippen LogP contribution in [0.2, 0.25) is 0 Å². The standard InChI is InChI=1S/C10H13F2N5O2S/c11-10(12)6-17-5-8(3-15-17)20(18,19)16-2-7-1-14-4-9(7)13/h2-3,5,10,14H,1,4,6,13H2/b16-2+. The third-order valence-corrected chi connectivity index (χ3v) is 3.81. The lowest BCUT2D eigenvalue weighted by Gasteiger charge is -1.98. The molecular formula is C10H13F2N5O2S. The van der Waals surface area contributed by atoms with Gasteiger partial charge in [-0.15, -0.1) is 0 Å². The summed E-state index contributed by atoms with van der Waals surface area (Å²) >= 11 is 0. The molecule has 0 fully saturated rings. The largest absolute Gasteiger partial charge is 0.401 e. The monoisotopic (exact) mass is 305 g/mol. The van der Waals surface area contributed by atoms with Crippen LogP contribution in [-0.2, 0) is 16.6 Å². The van der Waals surface area contributed by atoms with Crippen molar-refractivity contribution in [2.45, 2.75) is 17.9 Å². The molecule has 0 radical (unpaired) electrons. The van der Waals surface area contributed by atoms with Gasteiger partial charge in [-0.3, -0.25) is 4.68 Å². The highest BCUT2D eigenvalue weighted by Gasteiger charge is 2.17. The number of aromatic nitrogens is 2. The van der Waals surface area contributed by atoms with E-state index in [0.29, 0.717) is 24.4 Å². The molecule has 0 atom stereocenters. The molecule has 1 aromatic heterocycles. The van der Waals surface area contributed by atoms with Gasteiger partial charge in [0.25, 0.3) is 16.4 Å².